The molecule has 4 aromatic rings. The van der Waals surface area contributed by atoms with Crippen LogP contribution in [0.2, 0.25) is 0 Å². The SMILES string of the molecule is COC(=O)c1cccc(-c2cnn(-c3cccc4ccccc34)[n+]2[O-])c1. The molecule has 26 heavy (non-hydrogen) atoms. The van der Waals surface area contributed by atoms with E-state index in [1.54, 1.807) is 24.3 Å². The van der Waals surface area contributed by atoms with Crippen LogP contribution >= 0.6 is 0 Å². The van der Waals surface area contributed by atoms with Crippen LogP contribution in [-0.4, -0.2) is 23.0 Å². The molecule has 0 saturated heterocycles. The molecule has 0 amide bonds. The molecule has 0 atom stereocenters. The van der Waals surface area contributed by atoms with Gasteiger partial charge in [-0.15, -0.1) is 4.85 Å². The fraction of sp³-hybridized carbons (Fsp3) is 0.0500. The van der Waals surface area contributed by atoms with Gasteiger partial charge in [-0.3, -0.25) is 0 Å². The van der Waals surface area contributed by atoms with E-state index >= 15 is 0 Å². The number of aromatic nitrogens is 3. The first-order valence-corrected chi connectivity index (χ1v) is 8.04. The number of carbonyl (C=O) groups is 1. The van der Waals surface area contributed by atoms with Gasteiger partial charge in [0, 0.05) is 16.0 Å². The van der Waals surface area contributed by atoms with E-state index in [9.17, 15) is 10.0 Å². The van der Waals surface area contributed by atoms with E-state index in [-0.39, 0.29) is 0 Å². The second kappa shape index (κ2) is 6.33. The summed E-state index contributed by atoms with van der Waals surface area (Å²) in [6.45, 7) is 0. The number of nitrogens with zero attached hydrogens (tertiary/aromatic N) is 3. The Labute approximate surface area is 149 Å². The van der Waals surface area contributed by atoms with E-state index in [4.69, 9.17) is 4.74 Å². The van der Waals surface area contributed by atoms with Crippen molar-refractivity contribution in [1.29, 1.82) is 0 Å². The molecule has 0 N–H and O–H groups in total. The minimum absolute atomic E-state index is 0.351. The average Bonchev–Trinajstić information content (AvgIpc) is 3.08. The van der Waals surface area contributed by atoms with Crippen molar-refractivity contribution in [2.75, 3.05) is 7.11 Å². The normalized spacial score (nSPS) is 10.8. The van der Waals surface area contributed by atoms with Crippen LogP contribution in [0.3, 0.4) is 0 Å². The highest BCUT2D eigenvalue weighted by molar-refractivity contribution is 5.91. The molecule has 0 radical (unpaired) electrons. The predicted molar refractivity (Wildman–Crippen MR) is 96.8 cm³/mol. The van der Waals surface area contributed by atoms with Gasteiger partial charge in [-0.2, -0.15) is 0 Å². The molecule has 0 bridgehead atoms. The Morgan fingerprint density at radius 1 is 1.08 bits per heavy atom. The lowest BCUT2D eigenvalue weighted by Crippen LogP contribution is -2.38. The third-order valence-corrected chi connectivity index (χ3v) is 4.23. The number of hydrogen-bond acceptors (Lipinski definition) is 4. The summed E-state index contributed by atoms with van der Waals surface area (Å²) in [6.07, 6.45) is 1.49. The van der Waals surface area contributed by atoms with E-state index in [2.05, 4.69) is 5.10 Å². The number of carbonyl (C=O) groups excluding carboxylic acids is 1. The van der Waals surface area contributed by atoms with Crippen LogP contribution in [0.4, 0.5) is 0 Å². The summed E-state index contributed by atoms with van der Waals surface area (Å²) in [4.78, 5) is 13.8. The zero-order valence-corrected chi connectivity index (χ0v) is 14.0. The van der Waals surface area contributed by atoms with Crippen LogP contribution in [0.25, 0.3) is 27.7 Å². The van der Waals surface area contributed by atoms with Gasteiger partial charge >= 0.3 is 5.97 Å². The molecule has 4 rings (SSSR count). The van der Waals surface area contributed by atoms with Crippen molar-refractivity contribution in [2.45, 2.75) is 0 Å². The first kappa shape index (κ1) is 15.8. The molecule has 6 nitrogen and oxygen atoms in total. The van der Waals surface area contributed by atoms with E-state index in [0.29, 0.717) is 22.5 Å². The Hall–Kier alpha value is -3.67. The number of benzene rings is 3. The van der Waals surface area contributed by atoms with E-state index in [0.717, 1.165) is 15.6 Å². The van der Waals surface area contributed by atoms with Crippen molar-refractivity contribution in [2.24, 2.45) is 0 Å². The van der Waals surface area contributed by atoms with Crippen molar-refractivity contribution in [3.63, 3.8) is 0 Å². The number of ether oxygens (including phenoxy) is 1. The molecule has 0 aliphatic rings. The molecule has 3 aromatic carbocycles. The molecular formula is C20H15N3O3. The van der Waals surface area contributed by atoms with Gasteiger partial charge in [0.1, 0.15) is 5.69 Å². The Balaban J connectivity index is 1.84. The molecular weight excluding hydrogens is 330 g/mol. The summed E-state index contributed by atoms with van der Waals surface area (Å²) >= 11 is 0. The lowest BCUT2D eigenvalue weighted by molar-refractivity contribution is -0.678. The van der Waals surface area contributed by atoms with E-state index in [1.165, 1.54) is 18.1 Å². The summed E-state index contributed by atoms with van der Waals surface area (Å²) in [5.41, 5.74) is 2.01. The second-order valence-electron chi connectivity index (χ2n) is 5.76. The summed E-state index contributed by atoms with van der Waals surface area (Å²) in [6, 6.07) is 20.2. The molecule has 0 saturated carbocycles. The number of rotatable bonds is 3. The van der Waals surface area contributed by atoms with E-state index < -0.39 is 5.97 Å². The number of fused-ring (bicyclic) bond motifs is 1. The lowest BCUT2D eigenvalue weighted by Gasteiger charge is -2.09. The molecule has 0 fully saturated rings. The maximum absolute atomic E-state index is 12.9. The standard InChI is InChI=1S/C20H15N3O3/c1-26-20(24)16-9-4-8-15(12-16)19-13-21-22(23(19)25)18-11-5-7-14-6-2-3-10-17(14)18/h2-13H,1H3. The highest BCUT2D eigenvalue weighted by Crippen LogP contribution is 2.22. The van der Waals surface area contributed by atoms with Gasteiger partial charge in [-0.25, -0.2) is 4.79 Å². The van der Waals surface area contributed by atoms with Gasteiger partial charge in [0.25, 0.3) is 0 Å². The van der Waals surface area contributed by atoms with Gasteiger partial charge < -0.3 is 9.94 Å². The van der Waals surface area contributed by atoms with Gasteiger partial charge in [-0.05, 0) is 28.4 Å². The zero-order valence-electron chi connectivity index (χ0n) is 14.0. The van der Waals surface area contributed by atoms with Crippen LogP contribution in [0.15, 0.2) is 72.9 Å². The van der Waals surface area contributed by atoms with Gasteiger partial charge in [-0.1, -0.05) is 48.5 Å². The fourth-order valence-corrected chi connectivity index (χ4v) is 2.96. The third-order valence-electron chi connectivity index (χ3n) is 4.23. The summed E-state index contributed by atoms with van der Waals surface area (Å²) in [5.74, 6) is -0.453. The quantitative estimate of drug-likeness (QED) is 0.325. The Morgan fingerprint density at radius 3 is 2.69 bits per heavy atom. The molecule has 0 aliphatic heterocycles. The van der Waals surface area contributed by atoms with Crippen LogP contribution in [-0.2, 0) is 4.74 Å². The highest BCUT2D eigenvalue weighted by atomic mass is 16.5. The van der Waals surface area contributed by atoms with Crippen molar-refractivity contribution in [3.8, 4) is 16.9 Å². The number of methoxy groups -OCH3 is 1. The summed E-state index contributed by atoms with van der Waals surface area (Å²) in [7, 11) is 1.32. The van der Waals surface area contributed by atoms with Crippen LogP contribution in [0.1, 0.15) is 10.4 Å². The predicted octanol–water partition coefficient (Wildman–Crippen LogP) is 3.11. The minimum atomic E-state index is -0.453. The topological polar surface area (TPSA) is 71.1 Å². The maximum Gasteiger partial charge on any atom is 0.337 e. The average molecular weight is 345 g/mol. The fourth-order valence-electron chi connectivity index (χ4n) is 2.96. The minimum Gasteiger partial charge on any atom is -0.692 e. The first-order valence-electron chi connectivity index (χ1n) is 8.04. The molecule has 0 unspecified atom stereocenters. The molecule has 1 heterocycles. The van der Waals surface area contributed by atoms with Crippen molar-refractivity contribution in [1.82, 2.24) is 9.90 Å². The molecule has 1 aromatic heterocycles. The van der Waals surface area contributed by atoms with Crippen LogP contribution < -0.4 is 4.85 Å². The smallest absolute Gasteiger partial charge is 0.337 e. The van der Waals surface area contributed by atoms with Crippen molar-refractivity contribution < 1.29 is 14.4 Å². The Bertz CT molecular complexity index is 1110. The maximum atomic E-state index is 12.9. The second-order valence-corrected chi connectivity index (χ2v) is 5.76. The Morgan fingerprint density at radius 2 is 1.85 bits per heavy atom. The third kappa shape index (κ3) is 2.57. The van der Waals surface area contributed by atoms with Crippen molar-refractivity contribution >= 4 is 16.7 Å². The largest absolute Gasteiger partial charge is 0.692 e. The summed E-state index contributed by atoms with van der Waals surface area (Å²) < 4.78 is 4.74. The molecule has 6 heteroatoms. The van der Waals surface area contributed by atoms with Gasteiger partial charge in [0.05, 0.1) is 12.7 Å². The number of esters is 1. The lowest BCUT2D eigenvalue weighted by atomic mass is 10.1. The first-order chi connectivity index (χ1) is 12.7. The van der Waals surface area contributed by atoms with Gasteiger partial charge in [0.2, 0.25) is 11.9 Å². The molecule has 128 valence electrons. The zero-order chi connectivity index (χ0) is 18.1. The molecule has 0 aliphatic carbocycles. The van der Waals surface area contributed by atoms with Gasteiger partial charge in [0.15, 0.2) is 0 Å². The monoisotopic (exact) mass is 345 g/mol. The summed E-state index contributed by atoms with van der Waals surface area (Å²) in [5, 5.41) is 19.1. The highest BCUT2D eigenvalue weighted by Gasteiger charge is 2.18. The van der Waals surface area contributed by atoms with E-state index in [1.807, 2.05) is 42.5 Å². The van der Waals surface area contributed by atoms with Crippen LogP contribution in [0, 0.1) is 5.21 Å². The van der Waals surface area contributed by atoms with Crippen molar-refractivity contribution in [3.05, 3.63) is 83.7 Å². The Kier molecular flexibility index (Phi) is 3.85. The van der Waals surface area contributed by atoms with Crippen LogP contribution in [0.5, 0.6) is 0 Å². The molecule has 0 spiro atoms. The number of hydrogen-bond donors (Lipinski definition) is 0.